The van der Waals surface area contributed by atoms with Crippen LogP contribution in [0.2, 0.25) is 0 Å². The summed E-state index contributed by atoms with van der Waals surface area (Å²) in [5.41, 5.74) is 0. The van der Waals surface area contributed by atoms with Gasteiger partial charge in [0.05, 0.1) is 4.88 Å². The smallest absolute Gasteiger partial charge is 0.161 e. The minimum absolute atomic E-state index is 0.648. The maximum absolute atomic E-state index is 10.5. The molecule has 0 aromatic carbocycles. The normalized spacial score (nSPS) is 10.7. The summed E-state index contributed by atoms with van der Waals surface area (Å²) in [7, 11) is 0. The maximum Gasteiger partial charge on any atom is 0.161 e. The second kappa shape index (κ2) is 4.19. The Morgan fingerprint density at radius 3 is 2.75 bits per heavy atom. The first kappa shape index (κ1) is 9.93. The van der Waals surface area contributed by atoms with E-state index in [1.54, 1.807) is 11.3 Å². The number of aldehydes is 1. The molecule has 0 amide bonds. The van der Waals surface area contributed by atoms with Gasteiger partial charge in [-0.1, -0.05) is 13.8 Å². The van der Waals surface area contributed by atoms with Crippen molar-refractivity contribution < 1.29 is 4.79 Å². The summed E-state index contributed by atoms with van der Waals surface area (Å²) in [5, 5.41) is 0. The highest BCUT2D eigenvalue weighted by molar-refractivity contribution is 9.10. The van der Waals surface area contributed by atoms with Crippen molar-refractivity contribution in [3.05, 3.63) is 20.3 Å². The van der Waals surface area contributed by atoms with E-state index in [9.17, 15) is 4.79 Å². The van der Waals surface area contributed by atoms with Gasteiger partial charge in [-0.2, -0.15) is 0 Å². The summed E-state index contributed by atoms with van der Waals surface area (Å²) in [5.74, 6) is 0.648. The largest absolute Gasteiger partial charge is 0.297 e. The molecule has 0 N–H and O–H groups in total. The van der Waals surface area contributed by atoms with E-state index in [4.69, 9.17) is 0 Å². The fourth-order valence-corrected chi connectivity index (χ4v) is 2.86. The van der Waals surface area contributed by atoms with Crippen molar-refractivity contribution in [1.29, 1.82) is 0 Å². The lowest BCUT2D eigenvalue weighted by molar-refractivity contribution is 0.112. The monoisotopic (exact) mass is 246 g/mol. The summed E-state index contributed by atoms with van der Waals surface area (Å²) in [6.07, 6.45) is 1.95. The Morgan fingerprint density at radius 1 is 1.67 bits per heavy atom. The molecule has 0 spiro atoms. The number of carbonyl (C=O) groups is 1. The summed E-state index contributed by atoms with van der Waals surface area (Å²) in [6, 6.07) is 2.04. The standard InChI is InChI=1S/C9H11BrOS/c1-6(2)3-7-4-8(10)9(5-11)12-7/h4-6H,3H2,1-2H3. The van der Waals surface area contributed by atoms with Crippen LogP contribution in [-0.4, -0.2) is 6.29 Å². The van der Waals surface area contributed by atoms with Gasteiger partial charge in [0.15, 0.2) is 6.29 Å². The highest BCUT2D eigenvalue weighted by Gasteiger charge is 2.06. The molecule has 0 atom stereocenters. The third kappa shape index (κ3) is 2.42. The third-order valence-corrected chi connectivity index (χ3v) is 3.48. The SMILES string of the molecule is CC(C)Cc1cc(Br)c(C=O)s1. The Bertz CT molecular complexity index is 278. The van der Waals surface area contributed by atoms with Crippen molar-refractivity contribution in [3.8, 4) is 0 Å². The molecule has 1 aromatic heterocycles. The van der Waals surface area contributed by atoms with Gasteiger partial charge in [-0.15, -0.1) is 11.3 Å². The van der Waals surface area contributed by atoms with E-state index in [2.05, 4.69) is 29.8 Å². The minimum atomic E-state index is 0.648. The van der Waals surface area contributed by atoms with Crippen LogP contribution in [0.1, 0.15) is 28.4 Å². The van der Waals surface area contributed by atoms with Crippen LogP contribution >= 0.6 is 27.3 Å². The van der Waals surface area contributed by atoms with Gasteiger partial charge in [0, 0.05) is 9.35 Å². The second-order valence-corrected chi connectivity index (χ2v) is 5.16. The highest BCUT2D eigenvalue weighted by Crippen LogP contribution is 2.27. The molecule has 1 nitrogen and oxygen atoms in total. The zero-order valence-corrected chi connectivity index (χ0v) is 9.54. The topological polar surface area (TPSA) is 17.1 Å². The molecule has 0 aliphatic heterocycles. The van der Waals surface area contributed by atoms with Gasteiger partial charge < -0.3 is 0 Å². The van der Waals surface area contributed by atoms with Crippen molar-refractivity contribution in [3.63, 3.8) is 0 Å². The third-order valence-electron chi connectivity index (χ3n) is 1.48. The Balaban J connectivity index is 2.82. The maximum atomic E-state index is 10.5. The van der Waals surface area contributed by atoms with Crippen LogP contribution in [0.3, 0.4) is 0 Å². The quantitative estimate of drug-likeness (QED) is 0.747. The number of hydrogen-bond donors (Lipinski definition) is 0. The number of rotatable bonds is 3. The Labute approximate surface area is 84.9 Å². The highest BCUT2D eigenvalue weighted by atomic mass is 79.9. The fourth-order valence-electron chi connectivity index (χ4n) is 1.02. The molecule has 0 bridgehead atoms. The predicted molar refractivity (Wildman–Crippen MR) is 55.9 cm³/mol. The van der Waals surface area contributed by atoms with Crippen LogP contribution in [0.4, 0.5) is 0 Å². The van der Waals surface area contributed by atoms with Gasteiger partial charge in [0.2, 0.25) is 0 Å². The molecule has 1 heterocycles. The zero-order valence-electron chi connectivity index (χ0n) is 7.13. The summed E-state index contributed by atoms with van der Waals surface area (Å²) in [6.45, 7) is 4.35. The van der Waals surface area contributed by atoms with E-state index >= 15 is 0 Å². The van der Waals surface area contributed by atoms with E-state index in [1.807, 2.05) is 6.07 Å². The Morgan fingerprint density at radius 2 is 2.33 bits per heavy atom. The van der Waals surface area contributed by atoms with Crippen molar-refractivity contribution in [2.24, 2.45) is 5.92 Å². The first-order valence-corrected chi connectivity index (χ1v) is 5.47. The zero-order chi connectivity index (χ0) is 9.14. The minimum Gasteiger partial charge on any atom is -0.297 e. The van der Waals surface area contributed by atoms with Crippen LogP contribution in [0.5, 0.6) is 0 Å². The average molecular weight is 247 g/mol. The van der Waals surface area contributed by atoms with Gasteiger partial charge in [0.1, 0.15) is 0 Å². The Hall–Kier alpha value is -0.150. The van der Waals surface area contributed by atoms with Crippen LogP contribution in [0.25, 0.3) is 0 Å². The molecule has 12 heavy (non-hydrogen) atoms. The van der Waals surface area contributed by atoms with Crippen molar-refractivity contribution in [2.75, 3.05) is 0 Å². The molecule has 0 saturated heterocycles. The van der Waals surface area contributed by atoms with Gasteiger partial charge >= 0.3 is 0 Å². The van der Waals surface area contributed by atoms with Crippen molar-refractivity contribution in [2.45, 2.75) is 20.3 Å². The van der Waals surface area contributed by atoms with Gasteiger partial charge in [0.25, 0.3) is 0 Å². The molecule has 66 valence electrons. The van der Waals surface area contributed by atoms with Crippen LogP contribution in [-0.2, 0) is 6.42 Å². The number of hydrogen-bond acceptors (Lipinski definition) is 2. The molecule has 0 saturated carbocycles. The Kier molecular flexibility index (Phi) is 3.47. The lowest BCUT2D eigenvalue weighted by atomic mass is 10.1. The molecule has 0 aliphatic carbocycles. The average Bonchev–Trinajstić information content (AvgIpc) is 2.29. The van der Waals surface area contributed by atoms with Crippen LogP contribution < -0.4 is 0 Å². The second-order valence-electron chi connectivity index (χ2n) is 3.14. The summed E-state index contributed by atoms with van der Waals surface area (Å²) >= 11 is 4.92. The first-order chi connectivity index (χ1) is 5.63. The van der Waals surface area contributed by atoms with Gasteiger partial charge in [-0.05, 0) is 34.3 Å². The first-order valence-electron chi connectivity index (χ1n) is 3.87. The van der Waals surface area contributed by atoms with E-state index < -0.39 is 0 Å². The van der Waals surface area contributed by atoms with Crippen LogP contribution in [0, 0.1) is 5.92 Å². The molecule has 0 unspecified atom stereocenters. The van der Waals surface area contributed by atoms with Crippen molar-refractivity contribution >= 4 is 33.6 Å². The molecule has 1 rings (SSSR count). The lowest BCUT2D eigenvalue weighted by Gasteiger charge is -1.98. The lowest BCUT2D eigenvalue weighted by Crippen LogP contribution is -1.89. The summed E-state index contributed by atoms with van der Waals surface area (Å²) in [4.78, 5) is 12.6. The number of thiophene rings is 1. The predicted octanol–water partition coefficient (Wildman–Crippen LogP) is 3.52. The van der Waals surface area contributed by atoms with E-state index in [1.165, 1.54) is 4.88 Å². The van der Waals surface area contributed by atoms with E-state index in [0.29, 0.717) is 5.92 Å². The number of carbonyl (C=O) groups excluding carboxylic acids is 1. The molecule has 3 heteroatoms. The molecule has 0 aliphatic rings. The molecular formula is C9H11BrOS. The molecular weight excluding hydrogens is 236 g/mol. The van der Waals surface area contributed by atoms with Gasteiger partial charge in [-0.3, -0.25) is 4.79 Å². The molecule has 0 radical (unpaired) electrons. The molecule has 1 aromatic rings. The summed E-state index contributed by atoms with van der Waals surface area (Å²) < 4.78 is 0.929. The van der Waals surface area contributed by atoms with Crippen molar-refractivity contribution in [1.82, 2.24) is 0 Å². The fraction of sp³-hybridized carbons (Fsp3) is 0.444. The van der Waals surface area contributed by atoms with Crippen LogP contribution in [0.15, 0.2) is 10.5 Å². The van der Waals surface area contributed by atoms with E-state index in [-0.39, 0.29) is 0 Å². The molecule has 0 fully saturated rings. The van der Waals surface area contributed by atoms with Gasteiger partial charge in [-0.25, -0.2) is 0 Å². The van der Waals surface area contributed by atoms with E-state index in [0.717, 1.165) is 22.1 Å². The number of halogens is 1.